The molecule has 10 atom stereocenters. The molecule has 0 aromatic carbocycles. The number of hydrogen-bond acceptors (Lipinski definition) is 8. The third kappa shape index (κ3) is 6.43. The molecular weight excluding hydrogens is 432 g/mol. The van der Waals surface area contributed by atoms with Crippen molar-refractivity contribution >= 4 is 30.3 Å². The van der Waals surface area contributed by atoms with Gasteiger partial charge >= 0.3 is 7.60 Å². The van der Waals surface area contributed by atoms with E-state index in [1.807, 2.05) is 0 Å². The SMILES string of the molecule is [B][C@@H]1O[C@H](CC(C)(CC)OP([B])(=O)C(C)C(C)(CC)OP(=O)(O)C(C)O)[C@@H](O)[C@H]1O. The fraction of sp³-hybridized carbons (Fsp3) is 1.00. The lowest BCUT2D eigenvalue weighted by atomic mass is 9.90. The van der Waals surface area contributed by atoms with Crippen LogP contribution in [0.5, 0.6) is 0 Å². The molecule has 0 bridgehead atoms. The molecule has 1 fully saturated rings. The van der Waals surface area contributed by atoms with E-state index >= 15 is 0 Å². The van der Waals surface area contributed by atoms with Gasteiger partial charge in [0.15, 0.2) is 13.1 Å². The summed E-state index contributed by atoms with van der Waals surface area (Å²) in [6, 6.07) is -1.05. The van der Waals surface area contributed by atoms with Crippen molar-refractivity contribution in [1.82, 2.24) is 0 Å². The van der Waals surface area contributed by atoms with Crippen molar-refractivity contribution in [2.24, 2.45) is 0 Å². The molecule has 0 saturated carbocycles. The van der Waals surface area contributed by atoms with Crippen molar-refractivity contribution in [3.05, 3.63) is 0 Å². The molecular formula is C17H34B2O9P2. The molecule has 1 saturated heterocycles. The highest BCUT2D eigenvalue weighted by molar-refractivity contribution is 7.84. The Bertz CT molecular complexity index is 682. The van der Waals surface area contributed by atoms with Crippen LogP contribution in [0, 0.1) is 0 Å². The maximum absolute atomic E-state index is 13.4. The zero-order valence-electron chi connectivity index (χ0n) is 18.5. The van der Waals surface area contributed by atoms with Crippen LogP contribution in [-0.4, -0.2) is 82.6 Å². The summed E-state index contributed by atoms with van der Waals surface area (Å²) in [6.07, 6.45) is -2.77. The predicted octanol–water partition coefficient (Wildman–Crippen LogP) is 1.64. The second-order valence-electron chi connectivity index (χ2n) is 8.49. The van der Waals surface area contributed by atoms with Gasteiger partial charge < -0.3 is 34.0 Å². The topological polar surface area (TPSA) is 143 Å². The van der Waals surface area contributed by atoms with Crippen molar-refractivity contribution in [2.45, 2.75) is 108 Å². The van der Waals surface area contributed by atoms with Gasteiger partial charge in [0.25, 0.3) is 0 Å². The van der Waals surface area contributed by atoms with Crippen molar-refractivity contribution in [2.75, 3.05) is 0 Å². The molecule has 0 aliphatic carbocycles. The molecule has 0 amide bonds. The smallest absolute Gasteiger partial charge is 0.356 e. The summed E-state index contributed by atoms with van der Waals surface area (Å²) in [5, 5.41) is 29.5. The van der Waals surface area contributed by atoms with E-state index in [9.17, 15) is 29.3 Å². The first kappa shape index (κ1) is 28.3. The summed E-state index contributed by atoms with van der Waals surface area (Å²) in [7, 11) is 3.34. The lowest BCUT2D eigenvalue weighted by molar-refractivity contribution is -0.0335. The summed E-state index contributed by atoms with van der Waals surface area (Å²) in [5.74, 6) is -1.63. The van der Waals surface area contributed by atoms with Crippen LogP contribution in [0.3, 0.4) is 0 Å². The Labute approximate surface area is 181 Å². The number of aliphatic hydroxyl groups excluding tert-OH is 3. The van der Waals surface area contributed by atoms with Crippen LogP contribution in [-0.2, 0) is 22.9 Å². The summed E-state index contributed by atoms with van der Waals surface area (Å²) >= 11 is 0. The molecule has 1 aliphatic heterocycles. The van der Waals surface area contributed by atoms with Crippen LogP contribution < -0.4 is 0 Å². The number of aliphatic hydroxyl groups is 3. The van der Waals surface area contributed by atoms with Crippen LogP contribution in [0.4, 0.5) is 0 Å². The van der Waals surface area contributed by atoms with Crippen LogP contribution in [0.2, 0.25) is 0 Å². The van der Waals surface area contributed by atoms with Gasteiger partial charge in [-0.15, -0.1) is 0 Å². The maximum Gasteiger partial charge on any atom is 0.356 e. The molecule has 13 heteroatoms. The second kappa shape index (κ2) is 10.1. The molecule has 9 nitrogen and oxygen atoms in total. The quantitative estimate of drug-likeness (QED) is 0.264. The Balaban J connectivity index is 3.06. The zero-order valence-corrected chi connectivity index (χ0v) is 20.3. The van der Waals surface area contributed by atoms with E-state index in [1.54, 1.807) is 20.8 Å². The van der Waals surface area contributed by atoms with Gasteiger partial charge in [0.1, 0.15) is 14.0 Å². The minimum absolute atomic E-state index is 0.0548. The fourth-order valence-electron chi connectivity index (χ4n) is 3.23. The number of rotatable bonds is 11. The Kier molecular flexibility index (Phi) is 9.51. The lowest BCUT2D eigenvalue weighted by Crippen LogP contribution is -2.43. The van der Waals surface area contributed by atoms with Crippen molar-refractivity contribution in [3.63, 3.8) is 0 Å². The maximum atomic E-state index is 13.4. The first-order valence-corrected chi connectivity index (χ1v) is 13.4. The molecule has 0 aromatic heterocycles. The van der Waals surface area contributed by atoms with Gasteiger partial charge in [-0.2, -0.15) is 0 Å². The van der Waals surface area contributed by atoms with Gasteiger partial charge in [-0.3, -0.25) is 9.09 Å². The monoisotopic (exact) mass is 466 g/mol. The minimum Gasteiger partial charge on any atom is -0.388 e. The Hall–Kier alpha value is 0.310. The third-order valence-corrected chi connectivity index (χ3v) is 10.1. The Morgan fingerprint density at radius 2 is 1.63 bits per heavy atom. The van der Waals surface area contributed by atoms with E-state index in [4.69, 9.17) is 29.2 Å². The molecule has 4 N–H and O–H groups in total. The molecule has 30 heavy (non-hydrogen) atoms. The van der Waals surface area contributed by atoms with Gasteiger partial charge in [-0.1, -0.05) is 20.8 Å². The van der Waals surface area contributed by atoms with E-state index in [-0.39, 0.29) is 12.8 Å². The first-order valence-electron chi connectivity index (χ1n) is 10.0. The van der Waals surface area contributed by atoms with Crippen molar-refractivity contribution in [1.29, 1.82) is 0 Å². The molecule has 0 aromatic rings. The largest absolute Gasteiger partial charge is 0.388 e. The van der Waals surface area contributed by atoms with Crippen molar-refractivity contribution < 1.29 is 43.1 Å². The predicted molar refractivity (Wildman–Crippen MR) is 115 cm³/mol. The molecule has 172 valence electrons. The molecule has 1 heterocycles. The minimum atomic E-state index is -4.40. The van der Waals surface area contributed by atoms with E-state index in [0.29, 0.717) is 6.42 Å². The van der Waals surface area contributed by atoms with E-state index in [1.165, 1.54) is 13.8 Å². The van der Waals surface area contributed by atoms with E-state index in [2.05, 4.69) is 0 Å². The van der Waals surface area contributed by atoms with Crippen LogP contribution in [0.25, 0.3) is 0 Å². The Morgan fingerprint density at radius 1 is 1.10 bits per heavy atom. The molecule has 4 radical (unpaired) electrons. The van der Waals surface area contributed by atoms with Gasteiger partial charge in [0.2, 0.25) is 7.57 Å². The Morgan fingerprint density at radius 3 is 2.00 bits per heavy atom. The number of ether oxygens (including phenoxy) is 1. The van der Waals surface area contributed by atoms with Crippen molar-refractivity contribution in [3.8, 4) is 0 Å². The highest BCUT2D eigenvalue weighted by Gasteiger charge is 2.49. The van der Waals surface area contributed by atoms with E-state index in [0.717, 1.165) is 6.92 Å². The summed E-state index contributed by atoms with van der Waals surface area (Å²) in [6.45, 7) is 9.18. The average Bonchev–Trinajstić information content (AvgIpc) is 2.86. The zero-order chi connectivity index (χ0) is 23.7. The van der Waals surface area contributed by atoms with Gasteiger partial charge in [-0.25, -0.2) is 0 Å². The second-order valence-corrected chi connectivity index (χ2v) is 12.8. The van der Waals surface area contributed by atoms with Gasteiger partial charge in [0, 0.05) is 12.4 Å². The third-order valence-electron chi connectivity index (χ3n) is 6.08. The summed E-state index contributed by atoms with van der Waals surface area (Å²) < 4.78 is 42.2. The lowest BCUT2D eigenvalue weighted by Gasteiger charge is -2.43. The summed E-state index contributed by atoms with van der Waals surface area (Å²) in [4.78, 5) is 9.95. The highest BCUT2D eigenvalue weighted by Crippen LogP contribution is 2.60. The van der Waals surface area contributed by atoms with Crippen LogP contribution in [0.1, 0.15) is 60.8 Å². The first-order chi connectivity index (χ1) is 13.4. The van der Waals surface area contributed by atoms with Gasteiger partial charge in [-0.05, 0) is 33.6 Å². The van der Waals surface area contributed by atoms with Crippen LogP contribution in [0.15, 0.2) is 0 Å². The molecule has 1 rings (SSSR count). The van der Waals surface area contributed by atoms with Gasteiger partial charge in [0.05, 0.1) is 29.1 Å². The summed E-state index contributed by atoms with van der Waals surface area (Å²) in [5.41, 5.74) is -3.56. The fourth-order valence-corrected chi connectivity index (χ4v) is 6.40. The average molecular weight is 466 g/mol. The number of hydrogen-bond donors (Lipinski definition) is 4. The van der Waals surface area contributed by atoms with Crippen LogP contribution >= 0.6 is 14.8 Å². The standard InChI is InChI=1S/C17H34B2O9P2/c1-7-16(5,9-12-13(21)14(22)15(18)26-12)27-29(19,23)10(3)17(6,8-2)28-30(24,25)11(4)20/h10-15,20-22H,7-9H2,1-6H3,(H,24,25)/t10?,11?,12-,13-,14-,15-,16?,17?,29?/m1/s1. The molecule has 0 spiro atoms. The molecule has 6 unspecified atom stereocenters. The van der Waals surface area contributed by atoms with E-state index < -0.39 is 61.9 Å². The normalized spacial score (nSPS) is 34.9. The highest BCUT2D eigenvalue weighted by atomic mass is 31.2. The molecule has 1 aliphatic rings.